The molecule has 104 valence electrons. The van der Waals surface area contributed by atoms with Gasteiger partial charge in [0.2, 0.25) is 0 Å². The first-order valence-corrected chi connectivity index (χ1v) is 7.77. The van der Waals surface area contributed by atoms with Crippen molar-refractivity contribution in [2.75, 3.05) is 16.9 Å². The zero-order valence-corrected chi connectivity index (χ0v) is 13.0. The number of thiocarbonyl (C=S) groups is 1. The van der Waals surface area contributed by atoms with Gasteiger partial charge in [-0.25, -0.2) is 4.39 Å². The Morgan fingerprint density at radius 2 is 1.95 bits per heavy atom. The van der Waals surface area contributed by atoms with Crippen LogP contribution >= 0.6 is 35.6 Å². The fraction of sp³-hybridized carbons (Fsp3) is 0.0714. The van der Waals surface area contributed by atoms with E-state index in [4.69, 9.17) is 23.8 Å². The molecule has 0 aliphatic carbocycles. The lowest BCUT2D eigenvalue weighted by Gasteiger charge is -2.13. The number of hydrogen-bond acceptors (Lipinski definition) is 2. The van der Waals surface area contributed by atoms with Gasteiger partial charge in [0, 0.05) is 10.6 Å². The second-order valence-electron chi connectivity index (χ2n) is 3.91. The van der Waals surface area contributed by atoms with Crippen LogP contribution in [0.5, 0.6) is 0 Å². The minimum atomic E-state index is -0.455. The third-order valence-electron chi connectivity index (χ3n) is 2.53. The number of para-hydroxylation sites is 1. The molecule has 0 unspecified atom stereocenters. The van der Waals surface area contributed by atoms with Crippen molar-refractivity contribution >= 4 is 52.1 Å². The highest BCUT2D eigenvalue weighted by Crippen LogP contribution is 2.25. The Kier molecular flexibility index (Phi) is 5.23. The second-order valence-corrected chi connectivity index (χ2v) is 5.57. The minimum Gasteiger partial charge on any atom is -0.332 e. The number of benzene rings is 2. The van der Waals surface area contributed by atoms with Gasteiger partial charge in [-0.2, -0.15) is 0 Å². The lowest BCUT2D eigenvalue weighted by molar-refractivity contribution is 0.628. The lowest BCUT2D eigenvalue weighted by Crippen LogP contribution is -2.19. The fourth-order valence-corrected chi connectivity index (χ4v) is 2.57. The molecule has 0 aliphatic heterocycles. The van der Waals surface area contributed by atoms with E-state index < -0.39 is 5.82 Å². The average Bonchev–Trinajstić information content (AvgIpc) is 2.43. The van der Waals surface area contributed by atoms with Crippen molar-refractivity contribution in [1.82, 2.24) is 0 Å². The molecule has 0 saturated carbocycles. The maximum atomic E-state index is 13.1. The third-order valence-corrected chi connectivity index (χ3v) is 3.82. The summed E-state index contributed by atoms with van der Waals surface area (Å²) in [7, 11) is 0. The maximum absolute atomic E-state index is 13.1. The largest absolute Gasteiger partial charge is 0.332 e. The highest BCUT2D eigenvalue weighted by atomic mass is 35.5. The molecule has 2 N–H and O–H groups in total. The van der Waals surface area contributed by atoms with E-state index in [-0.39, 0.29) is 5.02 Å². The first kappa shape index (κ1) is 15.1. The second kappa shape index (κ2) is 6.92. The van der Waals surface area contributed by atoms with E-state index in [0.29, 0.717) is 10.8 Å². The number of hydrogen-bond donors (Lipinski definition) is 2. The van der Waals surface area contributed by atoms with E-state index in [9.17, 15) is 4.39 Å². The van der Waals surface area contributed by atoms with Crippen LogP contribution in [0, 0.1) is 5.82 Å². The van der Waals surface area contributed by atoms with Crippen molar-refractivity contribution in [1.29, 1.82) is 0 Å². The van der Waals surface area contributed by atoms with Gasteiger partial charge < -0.3 is 10.6 Å². The summed E-state index contributed by atoms with van der Waals surface area (Å²) in [6.45, 7) is 0. The number of anilines is 2. The Balaban J connectivity index is 2.07. The highest BCUT2D eigenvalue weighted by Gasteiger charge is 2.05. The van der Waals surface area contributed by atoms with Gasteiger partial charge in [0.1, 0.15) is 5.82 Å². The predicted molar refractivity (Wildman–Crippen MR) is 89.5 cm³/mol. The summed E-state index contributed by atoms with van der Waals surface area (Å²) < 4.78 is 13.1. The van der Waals surface area contributed by atoms with Crippen LogP contribution in [0.4, 0.5) is 15.8 Å². The normalized spacial score (nSPS) is 10.2. The zero-order chi connectivity index (χ0) is 14.5. The minimum absolute atomic E-state index is 0.0577. The molecule has 6 heteroatoms. The molecule has 0 spiro atoms. The van der Waals surface area contributed by atoms with Gasteiger partial charge >= 0.3 is 0 Å². The predicted octanol–water partition coefficient (Wildman–Crippen LogP) is 5.01. The van der Waals surface area contributed by atoms with Crippen LogP contribution in [0.1, 0.15) is 0 Å². The molecule has 2 nitrogen and oxygen atoms in total. The highest BCUT2D eigenvalue weighted by molar-refractivity contribution is 7.98. The summed E-state index contributed by atoms with van der Waals surface area (Å²) in [4.78, 5) is 1.09. The Hall–Kier alpha value is -1.30. The molecular weight excluding hydrogens is 315 g/mol. The first-order valence-electron chi connectivity index (χ1n) is 5.76. The first-order chi connectivity index (χ1) is 9.60. The standard InChI is InChI=1S/C14H12ClFN2S2/c1-20-13-5-3-2-4-12(13)18-14(19)17-9-6-7-11(16)10(15)8-9/h2-8H,1H3,(H2,17,18,19). The molecule has 0 aromatic heterocycles. The van der Waals surface area contributed by atoms with Crippen LogP contribution in [0.2, 0.25) is 5.02 Å². The Morgan fingerprint density at radius 1 is 1.20 bits per heavy atom. The average molecular weight is 327 g/mol. The molecule has 2 rings (SSSR count). The van der Waals surface area contributed by atoms with E-state index >= 15 is 0 Å². The molecule has 2 aromatic carbocycles. The molecule has 0 radical (unpaired) electrons. The van der Waals surface area contributed by atoms with E-state index in [1.165, 1.54) is 12.1 Å². The summed E-state index contributed by atoms with van der Waals surface area (Å²) in [5, 5.41) is 6.56. The molecule has 20 heavy (non-hydrogen) atoms. The van der Waals surface area contributed by atoms with Crippen LogP contribution < -0.4 is 10.6 Å². The van der Waals surface area contributed by atoms with Crippen LogP contribution in [0.15, 0.2) is 47.4 Å². The SMILES string of the molecule is CSc1ccccc1NC(=S)Nc1ccc(F)c(Cl)c1. The molecule has 0 atom stereocenters. The number of halogens is 2. The van der Waals surface area contributed by atoms with Gasteiger partial charge in [0.25, 0.3) is 0 Å². The Bertz CT molecular complexity index is 634. The van der Waals surface area contributed by atoms with E-state index in [1.54, 1.807) is 17.8 Å². The molecule has 2 aromatic rings. The monoisotopic (exact) mass is 326 g/mol. The van der Waals surface area contributed by atoms with Crippen molar-refractivity contribution in [3.63, 3.8) is 0 Å². The molecular formula is C14H12ClFN2S2. The summed E-state index contributed by atoms with van der Waals surface area (Å²) in [6.07, 6.45) is 2.00. The van der Waals surface area contributed by atoms with E-state index in [2.05, 4.69) is 10.6 Å². The van der Waals surface area contributed by atoms with Crippen molar-refractivity contribution < 1.29 is 4.39 Å². The molecule has 0 saturated heterocycles. The smallest absolute Gasteiger partial charge is 0.175 e. The Morgan fingerprint density at radius 3 is 2.65 bits per heavy atom. The fourth-order valence-electron chi connectivity index (χ4n) is 1.61. The molecule has 0 bridgehead atoms. The zero-order valence-electron chi connectivity index (χ0n) is 10.6. The van der Waals surface area contributed by atoms with Crippen LogP contribution in [-0.4, -0.2) is 11.4 Å². The van der Waals surface area contributed by atoms with Crippen molar-refractivity contribution in [3.05, 3.63) is 53.3 Å². The van der Waals surface area contributed by atoms with Crippen molar-refractivity contribution in [2.45, 2.75) is 4.90 Å². The third kappa shape index (κ3) is 3.85. The molecule has 0 amide bonds. The van der Waals surface area contributed by atoms with Gasteiger partial charge in [-0.1, -0.05) is 23.7 Å². The lowest BCUT2D eigenvalue weighted by atomic mass is 10.3. The van der Waals surface area contributed by atoms with E-state index in [1.807, 2.05) is 30.5 Å². The van der Waals surface area contributed by atoms with Gasteiger partial charge in [-0.05, 0) is 48.8 Å². The summed E-state index contributed by atoms with van der Waals surface area (Å²) in [6, 6.07) is 12.2. The summed E-state index contributed by atoms with van der Waals surface area (Å²) in [5.41, 5.74) is 1.56. The number of thioether (sulfide) groups is 1. The van der Waals surface area contributed by atoms with E-state index in [0.717, 1.165) is 10.6 Å². The van der Waals surface area contributed by atoms with Crippen LogP contribution in [0.25, 0.3) is 0 Å². The molecule has 0 heterocycles. The van der Waals surface area contributed by atoms with Gasteiger partial charge in [0.05, 0.1) is 10.7 Å². The Labute approximate surface area is 131 Å². The summed E-state index contributed by atoms with van der Waals surface area (Å²) in [5.74, 6) is -0.455. The number of nitrogens with one attached hydrogen (secondary N) is 2. The molecule has 0 aliphatic rings. The van der Waals surface area contributed by atoms with Gasteiger partial charge in [-0.15, -0.1) is 11.8 Å². The van der Waals surface area contributed by atoms with Gasteiger partial charge in [0.15, 0.2) is 5.11 Å². The number of rotatable bonds is 3. The van der Waals surface area contributed by atoms with Gasteiger partial charge in [-0.3, -0.25) is 0 Å². The summed E-state index contributed by atoms with van der Waals surface area (Å²) >= 11 is 12.6. The van der Waals surface area contributed by atoms with Crippen molar-refractivity contribution in [3.8, 4) is 0 Å². The molecule has 0 fully saturated rings. The topological polar surface area (TPSA) is 24.1 Å². The van der Waals surface area contributed by atoms with Crippen LogP contribution in [0.3, 0.4) is 0 Å². The maximum Gasteiger partial charge on any atom is 0.175 e. The van der Waals surface area contributed by atoms with Crippen molar-refractivity contribution in [2.24, 2.45) is 0 Å². The van der Waals surface area contributed by atoms with Crippen LogP contribution in [-0.2, 0) is 0 Å². The quantitative estimate of drug-likeness (QED) is 0.611.